The van der Waals surface area contributed by atoms with Gasteiger partial charge in [-0.3, -0.25) is 10.1 Å². The second-order valence-corrected chi connectivity index (χ2v) is 5.67. The van der Waals surface area contributed by atoms with Gasteiger partial charge in [0.25, 0.3) is 0 Å². The van der Waals surface area contributed by atoms with Crippen molar-refractivity contribution in [2.75, 3.05) is 19.6 Å². The number of fused-ring (bicyclic) bond motifs is 3. The van der Waals surface area contributed by atoms with E-state index < -0.39 is 11.5 Å². The van der Waals surface area contributed by atoms with E-state index >= 15 is 0 Å². The Labute approximate surface area is 113 Å². The summed E-state index contributed by atoms with van der Waals surface area (Å²) >= 11 is 0. The molecular formula is C15H20N2O2. The van der Waals surface area contributed by atoms with Crippen molar-refractivity contribution in [3.8, 4) is 0 Å². The van der Waals surface area contributed by atoms with Gasteiger partial charge in [0.1, 0.15) is 5.54 Å². The van der Waals surface area contributed by atoms with Gasteiger partial charge in [0.15, 0.2) is 0 Å². The molecule has 3 aliphatic heterocycles. The van der Waals surface area contributed by atoms with Crippen molar-refractivity contribution in [2.45, 2.75) is 24.9 Å². The minimum atomic E-state index is -0.758. The lowest BCUT2D eigenvalue weighted by molar-refractivity contribution is -0.154. The third-order valence-corrected chi connectivity index (χ3v) is 4.59. The molecule has 102 valence electrons. The van der Waals surface area contributed by atoms with Crippen LogP contribution < -0.4 is 5.32 Å². The van der Waals surface area contributed by atoms with E-state index in [-0.39, 0.29) is 5.92 Å². The molecule has 0 aliphatic carbocycles. The largest absolute Gasteiger partial charge is 0.480 e. The van der Waals surface area contributed by atoms with Gasteiger partial charge in [-0.2, -0.15) is 0 Å². The predicted octanol–water partition coefficient (Wildman–Crippen LogP) is 1.33. The number of nitrogens with zero attached hydrogens (tertiary/aromatic N) is 1. The third kappa shape index (κ3) is 2.26. The highest BCUT2D eigenvalue weighted by molar-refractivity contribution is 5.80. The number of piperidine rings is 3. The van der Waals surface area contributed by atoms with Crippen molar-refractivity contribution in [3.05, 3.63) is 35.9 Å². The van der Waals surface area contributed by atoms with Crippen LogP contribution in [0, 0.1) is 5.92 Å². The summed E-state index contributed by atoms with van der Waals surface area (Å²) in [6, 6.07) is 10.0. The number of hydrogen-bond acceptors (Lipinski definition) is 3. The third-order valence-electron chi connectivity index (χ3n) is 4.59. The molecule has 3 saturated heterocycles. The van der Waals surface area contributed by atoms with Crippen molar-refractivity contribution in [2.24, 2.45) is 5.92 Å². The highest BCUT2D eigenvalue weighted by atomic mass is 16.4. The van der Waals surface area contributed by atoms with Crippen molar-refractivity contribution in [3.63, 3.8) is 0 Å². The molecule has 1 aromatic carbocycles. The van der Waals surface area contributed by atoms with E-state index in [0.29, 0.717) is 13.1 Å². The molecule has 0 spiro atoms. The first-order valence-electron chi connectivity index (χ1n) is 6.95. The second-order valence-electron chi connectivity index (χ2n) is 5.67. The summed E-state index contributed by atoms with van der Waals surface area (Å²) in [6.07, 6.45) is 1.99. The van der Waals surface area contributed by atoms with Crippen LogP contribution in [0.4, 0.5) is 0 Å². The number of hydrogen-bond donors (Lipinski definition) is 2. The van der Waals surface area contributed by atoms with E-state index in [1.165, 1.54) is 0 Å². The Morgan fingerprint density at radius 2 is 2.00 bits per heavy atom. The molecule has 2 N–H and O–H groups in total. The zero-order chi connectivity index (χ0) is 13.3. The molecule has 0 radical (unpaired) electrons. The molecule has 0 saturated carbocycles. The number of carbonyl (C=O) groups is 1. The lowest BCUT2D eigenvalue weighted by Gasteiger charge is -2.51. The van der Waals surface area contributed by atoms with Crippen LogP contribution in [0.3, 0.4) is 0 Å². The van der Waals surface area contributed by atoms with E-state index in [1.54, 1.807) is 0 Å². The van der Waals surface area contributed by atoms with Crippen molar-refractivity contribution < 1.29 is 9.90 Å². The SMILES string of the molecule is O=C(O)[C@]1(NCc2ccccc2)CN2CCC1CC2. The van der Waals surface area contributed by atoms with Crippen LogP contribution in [0.25, 0.3) is 0 Å². The standard InChI is InChI=1S/C15H20N2O2/c18-14(19)15(11-17-8-6-13(15)7-9-17)16-10-12-4-2-1-3-5-12/h1-5,13,16H,6-11H2,(H,18,19)/t15-/m0/s1. The molecule has 4 rings (SSSR count). The highest BCUT2D eigenvalue weighted by Crippen LogP contribution is 2.36. The first kappa shape index (κ1) is 12.6. The minimum absolute atomic E-state index is 0.263. The van der Waals surface area contributed by atoms with Gasteiger partial charge in [0.05, 0.1) is 0 Å². The predicted molar refractivity (Wildman–Crippen MR) is 72.8 cm³/mol. The molecule has 0 amide bonds. The molecule has 2 bridgehead atoms. The Bertz CT molecular complexity index is 454. The summed E-state index contributed by atoms with van der Waals surface area (Å²) in [5.74, 6) is -0.434. The van der Waals surface area contributed by atoms with Crippen molar-refractivity contribution in [1.29, 1.82) is 0 Å². The Balaban J connectivity index is 1.76. The van der Waals surface area contributed by atoms with Gasteiger partial charge in [-0.05, 0) is 37.4 Å². The van der Waals surface area contributed by atoms with Gasteiger partial charge in [0, 0.05) is 13.1 Å². The van der Waals surface area contributed by atoms with E-state index in [0.717, 1.165) is 31.5 Å². The van der Waals surface area contributed by atoms with Gasteiger partial charge < -0.3 is 10.0 Å². The Morgan fingerprint density at radius 3 is 2.53 bits per heavy atom. The average molecular weight is 260 g/mol. The topological polar surface area (TPSA) is 52.6 Å². The van der Waals surface area contributed by atoms with Crippen molar-refractivity contribution >= 4 is 5.97 Å². The van der Waals surface area contributed by atoms with Gasteiger partial charge >= 0.3 is 5.97 Å². The van der Waals surface area contributed by atoms with Gasteiger partial charge in [0.2, 0.25) is 0 Å². The summed E-state index contributed by atoms with van der Waals surface area (Å²) in [7, 11) is 0. The summed E-state index contributed by atoms with van der Waals surface area (Å²) in [5.41, 5.74) is 0.381. The average Bonchev–Trinajstić information content (AvgIpc) is 2.47. The lowest BCUT2D eigenvalue weighted by Crippen LogP contribution is -2.69. The molecule has 0 aromatic heterocycles. The minimum Gasteiger partial charge on any atom is -0.480 e. The Kier molecular flexibility index (Phi) is 3.29. The molecule has 0 unspecified atom stereocenters. The molecule has 1 aromatic rings. The number of carboxylic acid groups (broad SMARTS) is 1. The molecule has 1 atom stereocenters. The number of nitrogens with one attached hydrogen (secondary N) is 1. The van der Waals surface area contributed by atoms with Crippen LogP contribution in [0.5, 0.6) is 0 Å². The van der Waals surface area contributed by atoms with Crippen LogP contribution in [-0.2, 0) is 11.3 Å². The second kappa shape index (κ2) is 4.94. The summed E-state index contributed by atoms with van der Waals surface area (Å²) in [5, 5.41) is 13.0. The van der Waals surface area contributed by atoms with Crippen LogP contribution >= 0.6 is 0 Å². The summed E-state index contributed by atoms with van der Waals surface area (Å²) < 4.78 is 0. The van der Waals surface area contributed by atoms with E-state index in [9.17, 15) is 9.90 Å². The first-order chi connectivity index (χ1) is 9.21. The van der Waals surface area contributed by atoms with Gasteiger partial charge in [-0.25, -0.2) is 0 Å². The molecule has 19 heavy (non-hydrogen) atoms. The molecule has 4 nitrogen and oxygen atoms in total. The van der Waals surface area contributed by atoms with E-state index in [4.69, 9.17) is 0 Å². The quantitative estimate of drug-likeness (QED) is 0.857. The van der Waals surface area contributed by atoms with Crippen LogP contribution in [0.2, 0.25) is 0 Å². The fourth-order valence-corrected chi connectivity index (χ4v) is 3.44. The maximum absolute atomic E-state index is 11.8. The van der Waals surface area contributed by atoms with Crippen LogP contribution in [0.1, 0.15) is 18.4 Å². The highest BCUT2D eigenvalue weighted by Gasteiger charge is 2.51. The zero-order valence-electron chi connectivity index (χ0n) is 11.0. The number of carboxylic acids is 1. The normalized spacial score (nSPS) is 33.3. The zero-order valence-corrected chi connectivity index (χ0v) is 11.0. The monoisotopic (exact) mass is 260 g/mol. The molecular weight excluding hydrogens is 240 g/mol. The molecule has 3 heterocycles. The maximum Gasteiger partial charge on any atom is 0.325 e. The van der Waals surface area contributed by atoms with Gasteiger partial charge in [-0.15, -0.1) is 0 Å². The van der Waals surface area contributed by atoms with E-state index in [1.807, 2.05) is 30.3 Å². The van der Waals surface area contributed by atoms with Crippen molar-refractivity contribution in [1.82, 2.24) is 10.2 Å². The Morgan fingerprint density at radius 1 is 1.32 bits per heavy atom. The molecule has 3 fully saturated rings. The number of benzene rings is 1. The van der Waals surface area contributed by atoms with Gasteiger partial charge in [-0.1, -0.05) is 30.3 Å². The van der Waals surface area contributed by atoms with Crippen LogP contribution in [-0.4, -0.2) is 41.1 Å². The fraction of sp³-hybridized carbons (Fsp3) is 0.533. The molecule has 4 heteroatoms. The first-order valence-corrected chi connectivity index (χ1v) is 6.95. The number of rotatable bonds is 4. The maximum atomic E-state index is 11.8. The summed E-state index contributed by atoms with van der Waals surface area (Å²) in [4.78, 5) is 14.1. The van der Waals surface area contributed by atoms with E-state index in [2.05, 4.69) is 10.2 Å². The lowest BCUT2D eigenvalue weighted by atomic mass is 9.72. The van der Waals surface area contributed by atoms with Crippen LogP contribution in [0.15, 0.2) is 30.3 Å². The Hall–Kier alpha value is -1.39. The fourth-order valence-electron chi connectivity index (χ4n) is 3.44. The summed E-state index contributed by atoms with van der Waals surface area (Å²) in [6.45, 7) is 3.36. The number of aliphatic carboxylic acids is 1. The smallest absolute Gasteiger partial charge is 0.325 e. The molecule has 3 aliphatic rings.